The van der Waals surface area contributed by atoms with E-state index in [9.17, 15) is 4.79 Å². The van der Waals surface area contributed by atoms with E-state index < -0.39 is 0 Å². The lowest BCUT2D eigenvalue weighted by Crippen LogP contribution is -2.26. The summed E-state index contributed by atoms with van der Waals surface area (Å²) in [5.41, 5.74) is 7.55. The van der Waals surface area contributed by atoms with Gasteiger partial charge in [0, 0.05) is 18.0 Å². The zero-order valence-corrected chi connectivity index (χ0v) is 25.2. The van der Waals surface area contributed by atoms with Crippen LogP contribution >= 0.6 is 11.6 Å². The van der Waals surface area contributed by atoms with Crippen LogP contribution in [0.15, 0.2) is 91.0 Å². The fourth-order valence-electron chi connectivity index (χ4n) is 5.32. The van der Waals surface area contributed by atoms with Crippen molar-refractivity contribution in [1.29, 1.82) is 0 Å². The number of amides is 1. The van der Waals surface area contributed by atoms with Crippen LogP contribution in [0.1, 0.15) is 41.8 Å². The predicted molar refractivity (Wildman–Crippen MR) is 172 cm³/mol. The van der Waals surface area contributed by atoms with Gasteiger partial charge in [-0.3, -0.25) is 4.79 Å². The molecule has 0 saturated carbocycles. The highest BCUT2D eigenvalue weighted by Crippen LogP contribution is 2.26. The summed E-state index contributed by atoms with van der Waals surface area (Å²) in [6.07, 6.45) is 4.26. The molecule has 0 aliphatic carbocycles. The number of unbranched alkanes of at least 4 members (excludes halogenated alkanes) is 2. The number of carbonyl (C=O) groups excluding carboxylic acids is 1. The van der Waals surface area contributed by atoms with E-state index in [-0.39, 0.29) is 5.91 Å². The van der Waals surface area contributed by atoms with Gasteiger partial charge in [-0.05, 0) is 78.8 Å². The zero-order chi connectivity index (χ0) is 29.3. The number of para-hydroxylation sites is 2. The highest BCUT2D eigenvalue weighted by molar-refractivity contribution is 6.32. The maximum absolute atomic E-state index is 12.5. The molecule has 0 radical (unpaired) electrons. The molecule has 0 saturated heterocycles. The molecule has 0 aliphatic rings. The lowest BCUT2D eigenvalue weighted by atomic mass is 10.0. The Morgan fingerprint density at radius 1 is 0.857 bits per heavy atom. The molecule has 0 spiro atoms. The largest absolute Gasteiger partial charge is 0.492 e. The van der Waals surface area contributed by atoms with E-state index in [0.29, 0.717) is 19.6 Å². The molecule has 216 valence electrons. The van der Waals surface area contributed by atoms with Gasteiger partial charge >= 0.3 is 0 Å². The molecule has 5 aromatic rings. The minimum absolute atomic E-state index is 0.0651. The van der Waals surface area contributed by atoms with E-state index in [4.69, 9.17) is 21.3 Å². The van der Waals surface area contributed by atoms with Gasteiger partial charge in [-0.2, -0.15) is 0 Å². The van der Waals surface area contributed by atoms with Crippen molar-refractivity contribution in [3.8, 4) is 16.9 Å². The number of halogens is 1. The monoisotopic (exact) mass is 579 g/mol. The molecular weight excluding hydrogens is 542 g/mol. The summed E-state index contributed by atoms with van der Waals surface area (Å²) >= 11 is 6.31. The Balaban J connectivity index is 1.06. The van der Waals surface area contributed by atoms with Gasteiger partial charge < -0.3 is 14.6 Å². The smallest absolute Gasteiger partial charge is 0.224 e. The molecule has 1 N–H and O–H groups in total. The van der Waals surface area contributed by atoms with Crippen molar-refractivity contribution in [3.05, 3.63) is 119 Å². The number of aromatic nitrogens is 2. The average Bonchev–Trinajstić information content (AvgIpc) is 3.35. The van der Waals surface area contributed by atoms with E-state index in [0.717, 1.165) is 82.1 Å². The molecule has 0 unspecified atom stereocenters. The maximum atomic E-state index is 12.5. The molecule has 1 heterocycles. The number of carbonyl (C=O) groups is 1. The number of benzene rings is 4. The second kappa shape index (κ2) is 14.2. The van der Waals surface area contributed by atoms with Gasteiger partial charge in [-0.1, -0.05) is 84.8 Å². The number of aryl methyl sites for hydroxylation is 3. The van der Waals surface area contributed by atoms with Crippen LogP contribution in [0.4, 0.5) is 0 Å². The van der Waals surface area contributed by atoms with Crippen LogP contribution in [0.2, 0.25) is 5.02 Å². The van der Waals surface area contributed by atoms with E-state index in [1.165, 1.54) is 5.56 Å². The van der Waals surface area contributed by atoms with Crippen LogP contribution in [0.25, 0.3) is 22.2 Å². The lowest BCUT2D eigenvalue weighted by molar-refractivity contribution is -0.120. The van der Waals surface area contributed by atoms with E-state index in [1.807, 2.05) is 62.4 Å². The van der Waals surface area contributed by atoms with Crippen LogP contribution in [-0.2, 0) is 24.2 Å². The summed E-state index contributed by atoms with van der Waals surface area (Å²) in [6.45, 7) is 5.96. The fraction of sp³-hybridized carbons (Fsp3) is 0.278. The summed E-state index contributed by atoms with van der Waals surface area (Å²) < 4.78 is 8.37. The van der Waals surface area contributed by atoms with Crippen molar-refractivity contribution in [2.75, 3.05) is 13.2 Å². The molecule has 0 aliphatic heterocycles. The quantitative estimate of drug-likeness (QED) is 0.143. The van der Waals surface area contributed by atoms with Crippen molar-refractivity contribution >= 4 is 28.5 Å². The first-order chi connectivity index (χ1) is 20.5. The number of hydrogen-bond donors (Lipinski definition) is 1. The van der Waals surface area contributed by atoms with Crippen LogP contribution in [0.3, 0.4) is 0 Å². The Bertz CT molecular complexity index is 1600. The van der Waals surface area contributed by atoms with E-state index in [1.54, 1.807) is 0 Å². The molecule has 0 atom stereocenters. The minimum Gasteiger partial charge on any atom is -0.492 e. The van der Waals surface area contributed by atoms with E-state index >= 15 is 0 Å². The van der Waals surface area contributed by atoms with Crippen LogP contribution in [0.5, 0.6) is 5.75 Å². The SMILES string of the molecule is Cc1cc(OCCn2c(CCCCCNC(=O)Cc3ccc(-c4ccccc4)cc3)nc3ccccc32)cc(C)c1Cl. The van der Waals surface area contributed by atoms with Crippen LogP contribution in [-0.4, -0.2) is 28.6 Å². The number of rotatable bonds is 13. The highest BCUT2D eigenvalue weighted by atomic mass is 35.5. The van der Waals surface area contributed by atoms with E-state index in [2.05, 4.69) is 52.3 Å². The second-order valence-electron chi connectivity index (χ2n) is 10.8. The molecule has 0 fully saturated rings. The normalized spacial score (nSPS) is 11.1. The number of ether oxygens (including phenoxy) is 1. The van der Waals surface area contributed by atoms with Crippen molar-refractivity contribution in [1.82, 2.24) is 14.9 Å². The summed E-state index contributed by atoms with van der Waals surface area (Å²) in [5.74, 6) is 1.98. The molecule has 5 rings (SSSR count). The summed E-state index contributed by atoms with van der Waals surface area (Å²) in [7, 11) is 0. The summed E-state index contributed by atoms with van der Waals surface area (Å²) in [6, 6.07) is 30.7. The molecule has 5 nitrogen and oxygen atoms in total. The first-order valence-corrected chi connectivity index (χ1v) is 15.1. The number of nitrogens with one attached hydrogen (secondary N) is 1. The Morgan fingerprint density at radius 2 is 1.55 bits per heavy atom. The highest BCUT2D eigenvalue weighted by Gasteiger charge is 2.11. The minimum atomic E-state index is 0.0651. The molecule has 6 heteroatoms. The van der Waals surface area contributed by atoms with Crippen molar-refractivity contribution in [2.45, 2.75) is 52.5 Å². The molecule has 1 aromatic heterocycles. The second-order valence-corrected chi connectivity index (χ2v) is 11.2. The van der Waals surface area contributed by atoms with Gasteiger partial charge in [-0.25, -0.2) is 4.98 Å². The van der Waals surface area contributed by atoms with Gasteiger partial charge in [0.15, 0.2) is 0 Å². The van der Waals surface area contributed by atoms with Gasteiger partial charge in [0.25, 0.3) is 0 Å². The molecule has 1 amide bonds. The summed E-state index contributed by atoms with van der Waals surface area (Å²) in [5, 5.41) is 3.87. The van der Waals surface area contributed by atoms with Crippen molar-refractivity contribution in [2.24, 2.45) is 0 Å². The third kappa shape index (κ3) is 7.59. The van der Waals surface area contributed by atoms with Gasteiger partial charge in [-0.15, -0.1) is 0 Å². The topological polar surface area (TPSA) is 56.1 Å². The van der Waals surface area contributed by atoms with Crippen molar-refractivity contribution in [3.63, 3.8) is 0 Å². The number of hydrogen-bond acceptors (Lipinski definition) is 3. The summed E-state index contributed by atoms with van der Waals surface area (Å²) in [4.78, 5) is 17.4. The molecular formula is C36H38ClN3O2. The van der Waals surface area contributed by atoms with Crippen molar-refractivity contribution < 1.29 is 9.53 Å². The number of fused-ring (bicyclic) bond motifs is 1. The predicted octanol–water partition coefficient (Wildman–Crippen LogP) is 8.12. The molecule has 42 heavy (non-hydrogen) atoms. The maximum Gasteiger partial charge on any atom is 0.224 e. The van der Waals surface area contributed by atoms with Crippen LogP contribution in [0, 0.1) is 13.8 Å². The molecule has 4 aromatic carbocycles. The average molecular weight is 580 g/mol. The standard InChI is InChI=1S/C36H38ClN3O2/c1-26-23-31(24-27(2)36(26)37)42-22-21-40-33-14-9-8-13-32(33)39-34(40)15-7-4-10-20-38-35(41)25-28-16-18-30(19-17-28)29-11-5-3-6-12-29/h3,5-6,8-9,11-14,16-19,23-24H,4,7,10,15,20-22,25H2,1-2H3,(H,38,41). The third-order valence-electron chi connectivity index (χ3n) is 7.55. The Kier molecular flexibility index (Phi) is 9.94. The number of nitrogens with zero attached hydrogens (tertiary/aromatic N) is 2. The lowest BCUT2D eigenvalue weighted by Gasteiger charge is -2.13. The van der Waals surface area contributed by atoms with Gasteiger partial charge in [0.1, 0.15) is 18.2 Å². The Labute approximate surface area is 253 Å². The fourth-order valence-corrected chi connectivity index (χ4v) is 5.43. The first kappa shape index (κ1) is 29.4. The molecule has 0 bridgehead atoms. The first-order valence-electron chi connectivity index (χ1n) is 14.7. The number of imidazole rings is 1. The van der Waals surface area contributed by atoms with Crippen LogP contribution < -0.4 is 10.1 Å². The van der Waals surface area contributed by atoms with Gasteiger partial charge in [0.2, 0.25) is 5.91 Å². The zero-order valence-electron chi connectivity index (χ0n) is 24.4. The Hall–Kier alpha value is -4.09. The Morgan fingerprint density at radius 3 is 2.31 bits per heavy atom. The third-order valence-corrected chi connectivity index (χ3v) is 8.15. The van der Waals surface area contributed by atoms with Gasteiger partial charge in [0.05, 0.1) is 24.0 Å².